The molecule has 0 aromatic heterocycles. The Morgan fingerprint density at radius 3 is 2.67 bits per heavy atom. The van der Waals surface area contributed by atoms with Gasteiger partial charge in [0.05, 0.1) is 12.3 Å². The predicted octanol–water partition coefficient (Wildman–Crippen LogP) is 1.13. The molecule has 21 heavy (non-hydrogen) atoms. The fourth-order valence-electron chi connectivity index (χ4n) is 1.97. The molecule has 0 bridgehead atoms. The van der Waals surface area contributed by atoms with Crippen molar-refractivity contribution in [1.29, 1.82) is 0 Å². The summed E-state index contributed by atoms with van der Waals surface area (Å²) >= 11 is 0. The van der Waals surface area contributed by atoms with E-state index in [1.54, 1.807) is 43.1 Å². The number of carbonyl (C=O) groups excluding carboxylic acids is 1. The van der Waals surface area contributed by atoms with E-state index in [1.807, 2.05) is 0 Å². The van der Waals surface area contributed by atoms with Crippen molar-refractivity contribution in [2.75, 3.05) is 25.1 Å². The number of anilines is 1. The van der Waals surface area contributed by atoms with E-state index < -0.39 is 10.0 Å². The van der Waals surface area contributed by atoms with Crippen molar-refractivity contribution in [1.82, 2.24) is 4.72 Å². The Balaban J connectivity index is 2.21. The lowest BCUT2D eigenvalue weighted by molar-refractivity contribution is -0.141. The quantitative estimate of drug-likeness (QED) is 0.764. The molecule has 0 aliphatic heterocycles. The lowest BCUT2D eigenvalue weighted by atomic mass is 10.3. The first-order valence-corrected chi connectivity index (χ1v) is 8.40. The molecule has 1 aliphatic carbocycles. The number of hydrogen-bond acceptors (Lipinski definition) is 5. The molecule has 1 saturated carbocycles. The first-order valence-electron chi connectivity index (χ1n) is 6.92. The van der Waals surface area contributed by atoms with Gasteiger partial charge in [0, 0.05) is 13.1 Å². The monoisotopic (exact) mass is 312 g/mol. The summed E-state index contributed by atoms with van der Waals surface area (Å²) in [6.07, 6.45) is 1.75. The molecule has 0 amide bonds. The van der Waals surface area contributed by atoms with Crippen LogP contribution < -0.4 is 9.62 Å². The van der Waals surface area contributed by atoms with Crippen LogP contribution in [-0.2, 0) is 19.6 Å². The molecule has 0 radical (unpaired) electrons. The minimum absolute atomic E-state index is 0.00377. The minimum Gasteiger partial charge on any atom is -0.465 e. The number of ether oxygens (including phenoxy) is 1. The SMILES string of the molecule is CCOC(=O)CN(C)c1ccccc1S(=O)(=O)NC1CC1. The molecule has 2 rings (SSSR count). The van der Waals surface area contributed by atoms with Gasteiger partial charge in [0.1, 0.15) is 11.4 Å². The minimum atomic E-state index is -3.56. The number of likely N-dealkylation sites (N-methyl/N-ethyl adjacent to an activating group) is 1. The number of nitrogens with zero attached hydrogens (tertiary/aromatic N) is 1. The fraction of sp³-hybridized carbons (Fsp3) is 0.500. The van der Waals surface area contributed by atoms with Crippen molar-refractivity contribution < 1.29 is 17.9 Å². The van der Waals surface area contributed by atoms with E-state index in [2.05, 4.69) is 4.72 Å². The van der Waals surface area contributed by atoms with Crippen molar-refractivity contribution in [3.8, 4) is 0 Å². The molecular formula is C14H20N2O4S. The van der Waals surface area contributed by atoms with E-state index in [0.717, 1.165) is 12.8 Å². The maximum atomic E-state index is 12.4. The molecule has 116 valence electrons. The molecule has 6 nitrogen and oxygen atoms in total. The fourth-order valence-corrected chi connectivity index (χ4v) is 3.53. The zero-order valence-corrected chi connectivity index (χ0v) is 13.0. The molecule has 1 aliphatic rings. The van der Waals surface area contributed by atoms with Crippen LogP contribution in [0.4, 0.5) is 5.69 Å². The molecule has 0 heterocycles. The van der Waals surface area contributed by atoms with Gasteiger partial charge in [-0.15, -0.1) is 0 Å². The Kier molecular flexibility index (Phi) is 4.84. The van der Waals surface area contributed by atoms with Crippen LogP contribution in [0.3, 0.4) is 0 Å². The summed E-state index contributed by atoms with van der Waals surface area (Å²) in [7, 11) is -1.90. The van der Waals surface area contributed by atoms with Crippen molar-refractivity contribution in [3.63, 3.8) is 0 Å². The summed E-state index contributed by atoms with van der Waals surface area (Å²) < 4.78 is 32.3. The number of rotatable bonds is 7. The van der Waals surface area contributed by atoms with Gasteiger partial charge in [0.15, 0.2) is 0 Å². The van der Waals surface area contributed by atoms with Crippen LogP contribution in [0.5, 0.6) is 0 Å². The van der Waals surface area contributed by atoms with Crippen molar-refractivity contribution in [3.05, 3.63) is 24.3 Å². The number of sulfonamides is 1. The number of nitrogens with one attached hydrogen (secondary N) is 1. The Labute approximate surface area is 125 Å². The second kappa shape index (κ2) is 6.44. The topological polar surface area (TPSA) is 75.7 Å². The molecule has 0 atom stereocenters. The van der Waals surface area contributed by atoms with Crippen LogP contribution in [0.1, 0.15) is 19.8 Å². The standard InChI is InChI=1S/C14H20N2O4S/c1-3-20-14(17)10-16(2)12-6-4-5-7-13(12)21(18,19)15-11-8-9-11/h4-7,11,15H,3,8-10H2,1-2H3. The van der Waals surface area contributed by atoms with Gasteiger partial charge >= 0.3 is 5.97 Å². The average molecular weight is 312 g/mol. The molecule has 1 aromatic rings. The summed E-state index contributed by atoms with van der Waals surface area (Å²) in [6.45, 7) is 2.04. The van der Waals surface area contributed by atoms with Crippen LogP contribution >= 0.6 is 0 Å². The van der Waals surface area contributed by atoms with Gasteiger partial charge in [-0.2, -0.15) is 0 Å². The third kappa shape index (κ3) is 4.18. The van der Waals surface area contributed by atoms with E-state index in [9.17, 15) is 13.2 Å². The second-order valence-corrected chi connectivity index (χ2v) is 6.71. The van der Waals surface area contributed by atoms with Gasteiger partial charge in [0.2, 0.25) is 10.0 Å². The largest absolute Gasteiger partial charge is 0.465 e. The molecule has 0 unspecified atom stereocenters. The average Bonchev–Trinajstić information content (AvgIpc) is 3.22. The molecular weight excluding hydrogens is 292 g/mol. The van der Waals surface area contributed by atoms with Gasteiger partial charge in [-0.05, 0) is 31.9 Å². The molecule has 0 saturated heterocycles. The Hall–Kier alpha value is -1.60. The van der Waals surface area contributed by atoms with Crippen molar-refractivity contribution in [2.45, 2.75) is 30.7 Å². The van der Waals surface area contributed by atoms with Crippen LogP contribution in [-0.4, -0.2) is 40.6 Å². The smallest absolute Gasteiger partial charge is 0.325 e. The van der Waals surface area contributed by atoms with Gasteiger partial charge in [-0.3, -0.25) is 4.79 Å². The third-order valence-corrected chi connectivity index (χ3v) is 4.70. The predicted molar refractivity (Wildman–Crippen MR) is 79.7 cm³/mol. The molecule has 0 spiro atoms. The summed E-state index contributed by atoms with van der Waals surface area (Å²) in [4.78, 5) is 13.3. The zero-order chi connectivity index (χ0) is 15.5. The molecule has 1 aromatic carbocycles. The molecule has 7 heteroatoms. The summed E-state index contributed by atoms with van der Waals surface area (Å²) in [5.41, 5.74) is 0.485. The van der Waals surface area contributed by atoms with Crippen LogP contribution in [0.15, 0.2) is 29.2 Å². The van der Waals surface area contributed by atoms with Gasteiger partial charge in [-0.25, -0.2) is 13.1 Å². The third-order valence-electron chi connectivity index (χ3n) is 3.14. The van der Waals surface area contributed by atoms with Gasteiger partial charge in [-0.1, -0.05) is 12.1 Å². The lowest BCUT2D eigenvalue weighted by Crippen LogP contribution is -2.31. The summed E-state index contributed by atoms with van der Waals surface area (Å²) in [6, 6.07) is 6.68. The van der Waals surface area contributed by atoms with Crippen LogP contribution in [0.2, 0.25) is 0 Å². The Morgan fingerprint density at radius 1 is 1.38 bits per heavy atom. The number of carbonyl (C=O) groups is 1. The maximum absolute atomic E-state index is 12.4. The second-order valence-electron chi connectivity index (χ2n) is 5.02. The van der Waals surface area contributed by atoms with Gasteiger partial charge in [0.25, 0.3) is 0 Å². The normalized spacial score (nSPS) is 14.8. The molecule has 1 fully saturated rings. The van der Waals surface area contributed by atoms with Crippen LogP contribution in [0.25, 0.3) is 0 Å². The van der Waals surface area contributed by atoms with E-state index in [-0.39, 0.29) is 23.5 Å². The highest BCUT2D eigenvalue weighted by molar-refractivity contribution is 7.89. The number of esters is 1. The van der Waals surface area contributed by atoms with Crippen molar-refractivity contribution in [2.24, 2.45) is 0 Å². The first-order chi connectivity index (χ1) is 9.94. The van der Waals surface area contributed by atoms with E-state index >= 15 is 0 Å². The number of benzene rings is 1. The van der Waals surface area contributed by atoms with E-state index in [4.69, 9.17) is 4.74 Å². The Bertz CT molecular complexity index is 611. The number of para-hydroxylation sites is 1. The van der Waals surface area contributed by atoms with Gasteiger partial charge < -0.3 is 9.64 Å². The number of hydrogen-bond donors (Lipinski definition) is 1. The highest BCUT2D eigenvalue weighted by Gasteiger charge is 2.30. The summed E-state index contributed by atoms with van der Waals surface area (Å²) in [5, 5.41) is 0. The highest BCUT2D eigenvalue weighted by Crippen LogP contribution is 2.27. The van der Waals surface area contributed by atoms with Crippen LogP contribution in [0, 0.1) is 0 Å². The van der Waals surface area contributed by atoms with E-state index in [1.165, 1.54) is 0 Å². The summed E-state index contributed by atoms with van der Waals surface area (Å²) in [5.74, 6) is -0.387. The first kappa shape index (κ1) is 15.8. The van der Waals surface area contributed by atoms with Crippen molar-refractivity contribution >= 4 is 21.7 Å². The van der Waals surface area contributed by atoms with E-state index in [0.29, 0.717) is 12.3 Å². The highest BCUT2D eigenvalue weighted by atomic mass is 32.2. The maximum Gasteiger partial charge on any atom is 0.325 e. The Morgan fingerprint density at radius 2 is 2.05 bits per heavy atom. The lowest BCUT2D eigenvalue weighted by Gasteiger charge is -2.21. The zero-order valence-electron chi connectivity index (χ0n) is 12.2. The molecule has 1 N–H and O–H groups in total.